The van der Waals surface area contributed by atoms with Gasteiger partial charge in [-0.05, 0) is 36.2 Å². The van der Waals surface area contributed by atoms with Gasteiger partial charge < -0.3 is 19.2 Å². The number of benzene rings is 2. The zero-order valence-electron chi connectivity index (χ0n) is 16.9. The van der Waals surface area contributed by atoms with Crippen molar-refractivity contribution in [2.45, 2.75) is 25.8 Å². The first-order chi connectivity index (χ1) is 14.5. The minimum absolute atomic E-state index is 0.0309. The van der Waals surface area contributed by atoms with Gasteiger partial charge in [0.15, 0.2) is 11.5 Å². The van der Waals surface area contributed by atoms with E-state index in [0.29, 0.717) is 23.4 Å². The van der Waals surface area contributed by atoms with Gasteiger partial charge in [-0.25, -0.2) is 0 Å². The highest BCUT2D eigenvalue weighted by atomic mass is 16.5. The van der Waals surface area contributed by atoms with E-state index in [0.717, 1.165) is 18.2 Å². The molecule has 2 heterocycles. The molecule has 6 nitrogen and oxygen atoms in total. The van der Waals surface area contributed by atoms with Crippen LogP contribution < -0.4 is 4.74 Å². The molecular formula is C24H23NO5. The second-order valence-corrected chi connectivity index (χ2v) is 7.27. The number of hydrogen-bond donors (Lipinski definition) is 1. The molecule has 2 aromatic carbocycles. The van der Waals surface area contributed by atoms with Crippen molar-refractivity contribution in [2.24, 2.45) is 0 Å². The van der Waals surface area contributed by atoms with E-state index >= 15 is 0 Å². The van der Waals surface area contributed by atoms with Gasteiger partial charge >= 0.3 is 0 Å². The monoisotopic (exact) mass is 405 g/mol. The fourth-order valence-corrected chi connectivity index (χ4v) is 3.83. The Morgan fingerprint density at radius 2 is 1.97 bits per heavy atom. The van der Waals surface area contributed by atoms with Crippen LogP contribution in [0.4, 0.5) is 0 Å². The molecule has 1 aliphatic rings. The van der Waals surface area contributed by atoms with Crippen LogP contribution in [0.5, 0.6) is 5.75 Å². The summed E-state index contributed by atoms with van der Waals surface area (Å²) in [4.78, 5) is 27.8. The summed E-state index contributed by atoms with van der Waals surface area (Å²) in [5.41, 5.74) is 1.30. The summed E-state index contributed by atoms with van der Waals surface area (Å²) in [6.07, 6.45) is 1.63. The first-order valence-electron chi connectivity index (χ1n) is 9.96. The van der Waals surface area contributed by atoms with Crippen LogP contribution in [-0.4, -0.2) is 35.4 Å². The van der Waals surface area contributed by atoms with E-state index in [4.69, 9.17) is 9.15 Å². The van der Waals surface area contributed by atoms with Crippen LogP contribution in [0.2, 0.25) is 0 Å². The van der Waals surface area contributed by atoms with E-state index in [1.807, 2.05) is 31.2 Å². The van der Waals surface area contributed by atoms with E-state index in [2.05, 4.69) is 0 Å². The van der Waals surface area contributed by atoms with E-state index in [-0.39, 0.29) is 11.3 Å². The molecule has 0 radical (unpaired) electrons. The highest BCUT2D eigenvalue weighted by Gasteiger charge is 2.44. The summed E-state index contributed by atoms with van der Waals surface area (Å²) >= 11 is 0. The van der Waals surface area contributed by atoms with Crippen molar-refractivity contribution < 1.29 is 23.8 Å². The number of hydrogen-bond acceptors (Lipinski definition) is 5. The number of carbonyl (C=O) groups excluding carboxylic acids is 2. The van der Waals surface area contributed by atoms with Crippen molar-refractivity contribution in [2.75, 3.05) is 13.7 Å². The molecule has 0 fully saturated rings. The van der Waals surface area contributed by atoms with Crippen LogP contribution in [0, 0.1) is 0 Å². The molecule has 0 aliphatic carbocycles. The van der Waals surface area contributed by atoms with Crippen molar-refractivity contribution in [3.8, 4) is 5.75 Å². The van der Waals surface area contributed by atoms with Gasteiger partial charge in [-0.1, -0.05) is 43.7 Å². The van der Waals surface area contributed by atoms with Crippen molar-refractivity contribution >= 4 is 22.7 Å². The van der Waals surface area contributed by atoms with Gasteiger partial charge in [-0.3, -0.25) is 9.59 Å². The summed E-state index contributed by atoms with van der Waals surface area (Å²) in [6, 6.07) is 15.4. The van der Waals surface area contributed by atoms with Gasteiger partial charge in [0.1, 0.15) is 11.3 Å². The number of para-hydroxylation sites is 1. The number of furan rings is 1. The van der Waals surface area contributed by atoms with E-state index < -0.39 is 23.5 Å². The Hall–Kier alpha value is -3.54. The van der Waals surface area contributed by atoms with E-state index in [1.54, 1.807) is 42.3 Å². The molecule has 0 saturated carbocycles. The van der Waals surface area contributed by atoms with Crippen molar-refractivity contribution in [1.29, 1.82) is 0 Å². The largest absolute Gasteiger partial charge is 0.503 e. The van der Waals surface area contributed by atoms with E-state index in [1.165, 1.54) is 0 Å². The van der Waals surface area contributed by atoms with Crippen molar-refractivity contribution in [3.63, 3.8) is 0 Å². The molecule has 30 heavy (non-hydrogen) atoms. The molecule has 0 saturated heterocycles. The number of amides is 1. The fraction of sp³-hybridized carbons (Fsp3) is 0.250. The zero-order chi connectivity index (χ0) is 21.3. The average Bonchev–Trinajstić information content (AvgIpc) is 3.31. The van der Waals surface area contributed by atoms with Crippen LogP contribution in [0.3, 0.4) is 0 Å². The Labute approximate surface area is 174 Å². The normalized spacial score (nSPS) is 16.5. The highest BCUT2D eigenvalue weighted by Crippen LogP contribution is 2.40. The molecule has 0 bridgehead atoms. The number of unbranched alkanes of at least 4 members (excludes halogenated alkanes) is 1. The molecule has 3 aromatic rings. The molecule has 1 unspecified atom stereocenters. The summed E-state index contributed by atoms with van der Waals surface area (Å²) in [5, 5.41) is 11.5. The lowest BCUT2D eigenvalue weighted by atomic mass is 9.94. The second-order valence-electron chi connectivity index (χ2n) is 7.27. The molecule has 1 aromatic heterocycles. The maximum atomic E-state index is 13.4. The second kappa shape index (κ2) is 8.06. The van der Waals surface area contributed by atoms with Crippen LogP contribution in [0.15, 0.2) is 70.3 Å². The zero-order valence-corrected chi connectivity index (χ0v) is 16.9. The SMILES string of the molecule is CCCCN1C(=O)C(O)=C(C(=O)c2cc3ccccc3o2)C1c1cccc(OC)c1. The third-order valence-corrected chi connectivity index (χ3v) is 5.36. The minimum Gasteiger partial charge on any atom is -0.503 e. The molecular weight excluding hydrogens is 382 g/mol. The quantitative estimate of drug-likeness (QED) is 0.570. The Morgan fingerprint density at radius 3 is 2.70 bits per heavy atom. The Kier molecular flexibility index (Phi) is 5.31. The van der Waals surface area contributed by atoms with Crippen LogP contribution in [0.1, 0.15) is 41.9 Å². The van der Waals surface area contributed by atoms with Crippen molar-refractivity contribution in [1.82, 2.24) is 4.90 Å². The van der Waals surface area contributed by atoms with Gasteiger partial charge in [0, 0.05) is 11.9 Å². The predicted molar refractivity (Wildman–Crippen MR) is 113 cm³/mol. The Morgan fingerprint density at radius 1 is 1.17 bits per heavy atom. The maximum Gasteiger partial charge on any atom is 0.290 e. The number of Topliss-reactive ketones (excluding diaryl/α,β-unsaturated/α-hetero) is 1. The number of fused-ring (bicyclic) bond motifs is 1. The number of methoxy groups -OCH3 is 1. The number of aliphatic hydroxyl groups excluding tert-OH is 1. The topological polar surface area (TPSA) is 80.0 Å². The Balaban J connectivity index is 1.81. The maximum absolute atomic E-state index is 13.4. The molecule has 1 atom stereocenters. The molecule has 0 spiro atoms. The van der Waals surface area contributed by atoms with Gasteiger partial charge in [0.25, 0.3) is 5.91 Å². The molecule has 1 amide bonds. The van der Waals surface area contributed by atoms with E-state index in [9.17, 15) is 14.7 Å². The number of aliphatic hydroxyl groups is 1. The number of ether oxygens (including phenoxy) is 1. The molecule has 1 aliphatic heterocycles. The Bertz CT molecular complexity index is 1110. The van der Waals surface area contributed by atoms with Crippen molar-refractivity contribution in [3.05, 3.63) is 77.3 Å². The first kappa shape index (κ1) is 19.8. The third-order valence-electron chi connectivity index (χ3n) is 5.36. The average molecular weight is 405 g/mol. The van der Waals surface area contributed by atoms with Crippen LogP contribution in [0.25, 0.3) is 11.0 Å². The fourth-order valence-electron chi connectivity index (χ4n) is 3.83. The number of nitrogens with zero attached hydrogens (tertiary/aromatic N) is 1. The highest BCUT2D eigenvalue weighted by molar-refractivity contribution is 6.16. The summed E-state index contributed by atoms with van der Waals surface area (Å²) < 4.78 is 11.0. The summed E-state index contributed by atoms with van der Waals surface area (Å²) in [7, 11) is 1.56. The molecule has 6 heteroatoms. The van der Waals surface area contributed by atoms with Gasteiger partial charge in [0.05, 0.1) is 18.7 Å². The lowest BCUT2D eigenvalue weighted by molar-refractivity contribution is -0.129. The summed E-state index contributed by atoms with van der Waals surface area (Å²) in [5.74, 6) is -0.864. The summed E-state index contributed by atoms with van der Waals surface area (Å²) in [6.45, 7) is 2.45. The molecule has 4 rings (SSSR count). The van der Waals surface area contributed by atoms with Crippen LogP contribution in [-0.2, 0) is 4.79 Å². The standard InChI is InChI=1S/C24H23NO5/c1-3-4-12-25-21(16-9-7-10-17(13-16)29-2)20(23(27)24(25)28)22(26)19-14-15-8-5-6-11-18(15)30-19/h5-11,13-14,21,27H,3-4,12H2,1-2H3. The first-order valence-corrected chi connectivity index (χ1v) is 9.96. The molecule has 1 N–H and O–H groups in total. The molecule has 154 valence electrons. The van der Waals surface area contributed by atoms with Gasteiger partial charge in [0.2, 0.25) is 5.78 Å². The predicted octanol–water partition coefficient (Wildman–Crippen LogP) is 4.82. The number of carbonyl (C=O) groups is 2. The van der Waals surface area contributed by atoms with Gasteiger partial charge in [-0.15, -0.1) is 0 Å². The lowest BCUT2D eigenvalue weighted by Crippen LogP contribution is -2.32. The lowest BCUT2D eigenvalue weighted by Gasteiger charge is -2.26. The number of ketones is 1. The van der Waals surface area contributed by atoms with Gasteiger partial charge in [-0.2, -0.15) is 0 Å². The third kappa shape index (κ3) is 3.34. The number of rotatable bonds is 7. The van der Waals surface area contributed by atoms with Crippen LogP contribution >= 0.6 is 0 Å². The smallest absolute Gasteiger partial charge is 0.290 e. The minimum atomic E-state index is -0.708.